The van der Waals surface area contributed by atoms with E-state index in [1.54, 1.807) is 17.5 Å². The molecule has 0 bridgehead atoms. The van der Waals surface area contributed by atoms with E-state index in [-0.39, 0.29) is 18.6 Å². The van der Waals surface area contributed by atoms with Gasteiger partial charge in [-0.2, -0.15) is 0 Å². The van der Waals surface area contributed by atoms with Crippen LogP contribution in [0.2, 0.25) is 0 Å². The summed E-state index contributed by atoms with van der Waals surface area (Å²) >= 11 is 1.20. The summed E-state index contributed by atoms with van der Waals surface area (Å²) in [6.45, 7) is 6.88. The zero-order valence-electron chi connectivity index (χ0n) is 13.0. The molecule has 22 heavy (non-hydrogen) atoms. The van der Waals surface area contributed by atoms with E-state index in [9.17, 15) is 8.42 Å². The second kappa shape index (κ2) is 6.81. The van der Waals surface area contributed by atoms with Gasteiger partial charge in [0.25, 0.3) is 0 Å². The average molecular weight is 339 g/mol. The number of benzene rings is 1. The molecule has 0 radical (unpaired) electrons. The Bertz CT molecular complexity index is 701. The number of ether oxygens (including phenoxy) is 1. The van der Waals surface area contributed by atoms with Crippen molar-refractivity contribution < 1.29 is 13.2 Å². The standard InChI is InChI=1S/C16H21NO3S2/c1-16(2,3)13-7-4-5-8-14(13)20-11-10-17-22(18,19)15-9-6-12-21-15/h4-9,12,17H,10-11H2,1-3H3. The SMILES string of the molecule is CC(C)(C)c1ccccc1OCCNS(=O)(=O)c1cccs1. The lowest BCUT2D eigenvalue weighted by atomic mass is 9.86. The molecule has 1 aromatic carbocycles. The van der Waals surface area contributed by atoms with Crippen LogP contribution < -0.4 is 9.46 Å². The maximum Gasteiger partial charge on any atom is 0.250 e. The smallest absolute Gasteiger partial charge is 0.250 e. The van der Waals surface area contributed by atoms with Crippen LogP contribution in [0.5, 0.6) is 5.75 Å². The van der Waals surface area contributed by atoms with Gasteiger partial charge in [-0.1, -0.05) is 45.0 Å². The maximum atomic E-state index is 12.0. The van der Waals surface area contributed by atoms with E-state index in [0.717, 1.165) is 11.3 Å². The van der Waals surface area contributed by atoms with E-state index in [1.807, 2.05) is 24.3 Å². The molecule has 2 aromatic rings. The van der Waals surface area contributed by atoms with Crippen molar-refractivity contribution in [1.82, 2.24) is 4.72 Å². The van der Waals surface area contributed by atoms with Gasteiger partial charge in [0, 0.05) is 6.54 Å². The zero-order chi connectivity index (χ0) is 16.2. The van der Waals surface area contributed by atoms with Crippen molar-refractivity contribution >= 4 is 21.4 Å². The van der Waals surface area contributed by atoms with E-state index in [4.69, 9.17) is 4.74 Å². The summed E-state index contributed by atoms with van der Waals surface area (Å²) in [7, 11) is -3.42. The van der Waals surface area contributed by atoms with E-state index in [1.165, 1.54) is 11.3 Å². The third-order valence-electron chi connectivity index (χ3n) is 3.11. The largest absolute Gasteiger partial charge is 0.492 e. The number of para-hydroxylation sites is 1. The molecule has 0 saturated carbocycles. The van der Waals surface area contributed by atoms with Gasteiger partial charge < -0.3 is 4.74 Å². The highest BCUT2D eigenvalue weighted by Gasteiger charge is 2.18. The van der Waals surface area contributed by atoms with Gasteiger partial charge >= 0.3 is 0 Å². The molecular weight excluding hydrogens is 318 g/mol. The van der Waals surface area contributed by atoms with Crippen LogP contribution in [-0.4, -0.2) is 21.6 Å². The van der Waals surface area contributed by atoms with Gasteiger partial charge in [0.1, 0.15) is 16.6 Å². The van der Waals surface area contributed by atoms with Gasteiger partial charge in [0.15, 0.2) is 0 Å². The number of hydrogen-bond acceptors (Lipinski definition) is 4. The molecule has 0 aliphatic carbocycles. The highest BCUT2D eigenvalue weighted by atomic mass is 32.2. The minimum absolute atomic E-state index is 0.0208. The summed E-state index contributed by atoms with van der Waals surface area (Å²) < 4.78 is 32.6. The van der Waals surface area contributed by atoms with Gasteiger partial charge in [-0.15, -0.1) is 11.3 Å². The Balaban J connectivity index is 1.93. The van der Waals surface area contributed by atoms with Crippen LogP contribution in [0.4, 0.5) is 0 Å². The van der Waals surface area contributed by atoms with Crippen molar-refractivity contribution in [2.75, 3.05) is 13.2 Å². The Hall–Kier alpha value is -1.37. The average Bonchev–Trinajstić information content (AvgIpc) is 2.98. The molecule has 0 atom stereocenters. The Labute approximate surface area is 136 Å². The van der Waals surface area contributed by atoms with E-state index in [2.05, 4.69) is 25.5 Å². The van der Waals surface area contributed by atoms with Crippen LogP contribution in [0.25, 0.3) is 0 Å². The number of nitrogens with one attached hydrogen (secondary N) is 1. The molecule has 0 saturated heterocycles. The normalized spacial score (nSPS) is 12.3. The Morgan fingerprint density at radius 1 is 1.14 bits per heavy atom. The molecule has 0 fully saturated rings. The predicted molar refractivity (Wildman–Crippen MR) is 90.1 cm³/mol. The van der Waals surface area contributed by atoms with Crippen molar-refractivity contribution in [3.05, 3.63) is 47.3 Å². The molecule has 0 aliphatic rings. The zero-order valence-corrected chi connectivity index (χ0v) is 14.6. The quantitative estimate of drug-likeness (QED) is 0.821. The molecule has 4 nitrogen and oxygen atoms in total. The lowest BCUT2D eigenvalue weighted by Crippen LogP contribution is -2.28. The first-order valence-corrected chi connectivity index (χ1v) is 9.42. The van der Waals surface area contributed by atoms with Crippen LogP contribution in [0.1, 0.15) is 26.3 Å². The molecule has 0 spiro atoms. The summed E-state index contributed by atoms with van der Waals surface area (Å²) in [5, 5.41) is 1.74. The molecule has 6 heteroatoms. The lowest BCUT2D eigenvalue weighted by molar-refractivity contribution is 0.314. The Kier molecular flexibility index (Phi) is 5.26. The number of hydrogen-bond donors (Lipinski definition) is 1. The molecule has 1 aromatic heterocycles. The van der Waals surface area contributed by atoms with Crippen LogP contribution in [0, 0.1) is 0 Å². The first-order valence-electron chi connectivity index (χ1n) is 7.06. The second-order valence-electron chi connectivity index (χ2n) is 5.92. The Morgan fingerprint density at radius 3 is 2.50 bits per heavy atom. The van der Waals surface area contributed by atoms with Crippen molar-refractivity contribution in [3.63, 3.8) is 0 Å². The minimum Gasteiger partial charge on any atom is -0.492 e. The highest BCUT2D eigenvalue weighted by molar-refractivity contribution is 7.91. The van der Waals surface area contributed by atoms with Crippen LogP contribution in [0.3, 0.4) is 0 Å². The van der Waals surface area contributed by atoms with Crippen LogP contribution in [-0.2, 0) is 15.4 Å². The van der Waals surface area contributed by atoms with E-state index >= 15 is 0 Å². The fraction of sp³-hybridized carbons (Fsp3) is 0.375. The summed E-state index contributed by atoms with van der Waals surface area (Å²) in [6.07, 6.45) is 0. The molecule has 2 rings (SSSR count). The first kappa shape index (κ1) is 17.0. The maximum absolute atomic E-state index is 12.0. The summed E-state index contributed by atoms with van der Waals surface area (Å²) in [5.74, 6) is 0.797. The fourth-order valence-electron chi connectivity index (χ4n) is 2.04. The third kappa shape index (κ3) is 4.32. The monoisotopic (exact) mass is 339 g/mol. The van der Waals surface area contributed by atoms with Gasteiger partial charge in [-0.05, 0) is 28.5 Å². The molecule has 0 amide bonds. The Morgan fingerprint density at radius 2 is 1.86 bits per heavy atom. The van der Waals surface area contributed by atoms with Gasteiger partial charge in [0.05, 0.1) is 0 Å². The molecule has 1 N–H and O–H groups in total. The van der Waals surface area contributed by atoms with E-state index in [0.29, 0.717) is 4.21 Å². The topological polar surface area (TPSA) is 55.4 Å². The molecular formula is C16H21NO3S2. The van der Waals surface area contributed by atoms with Gasteiger partial charge in [-0.3, -0.25) is 0 Å². The third-order valence-corrected chi connectivity index (χ3v) is 5.97. The van der Waals surface area contributed by atoms with Crippen molar-refractivity contribution in [2.24, 2.45) is 0 Å². The van der Waals surface area contributed by atoms with Crippen molar-refractivity contribution in [2.45, 2.75) is 30.4 Å². The molecule has 1 heterocycles. The number of rotatable bonds is 6. The number of sulfonamides is 1. The molecule has 0 unspecified atom stereocenters. The van der Waals surface area contributed by atoms with Crippen molar-refractivity contribution in [1.29, 1.82) is 0 Å². The molecule has 120 valence electrons. The van der Waals surface area contributed by atoms with Gasteiger partial charge in [0.2, 0.25) is 10.0 Å². The summed E-state index contributed by atoms with van der Waals surface area (Å²) in [5.41, 5.74) is 1.09. The van der Waals surface area contributed by atoms with Crippen LogP contribution in [0.15, 0.2) is 46.0 Å². The van der Waals surface area contributed by atoms with E-state index < -0.39 is 10.0 Å². The highest BCUT2D eigenvalue weighted by Crippen LogP contribution is 2.30. The minimum atomic E-state index is -3.42. The summed E-state index contributed by atoms with van der Waals surface area (Å²) in [4.78, 5) is 0. The van der Waals surface area contributed by atoms with Crippen LogP contribution >= 0.6 is 11.3 Å². The summed E-state index contributed by atoms with van der Waals surface area (Å²) in [6, 6.07) is 11.1. The predicted octanol–water partition coefficient (Wildman–Crippen LogP) is 3.40. The van der Waals surface area contributed by atoms with Gasteiger partial charge in [-0.25, -0.2) is 13.1 Å². The lowest BCUT2D eigenvalue weighted by Gasteiger charge is -2.22. The second-order valence-corrected chi connectivity index (χ2v) is 8.87. The first-order chi connectivity index (χ1) is 10.3. The van der Waals surface area contributed by atoms with Crippen molar-refractivity contribution in [3.8, 4) is 5.75 Å². The number of thiophene rings is 1. The molecule has 0 aliphatic heterocycles. The fourth-order valence-corrected chi connectivity index (χ4v) is 4.09.